The zero-order valence-corrected chi connectivity index (χ0v) is 11.9. The van der Waals surface area contributed by atoms with Gasteiger partial charge in [-0.2, -0.15) is 5.26 Å². The number of rotatable bonds is 4. The van der Waals surface area contributed by atoms with Crippen LogP contribution in [0.3, 0.4) is 0 Å². The molecule has 2 rings (SSSR count). The van der Waals surface area contributed by atoms with Gasteiger partial charge in [0.05, 0.1) is 5.56 Å². The van der Waals surface area contributed by atoms with Crippen molar-refractivity contribution in [2.45, 2.75) is 19.3 Å². The lowest BCUT2D eigenvalue weighted by Gasteiger charge is -2.26. The monoisotopic (exact) mass is 308 g/mol. The molecular formula is C14H17BrN2O. The zero-order valence-electron chi connectivity index (χ0n) is 10.4. The summed E-state index contributed by atoms with van der Waals surface area (Å²) in [6.07, 6.45) is 3.93. The fraction of sp³-hybridized carbons (Fsp3) is 0.500. The lowest BCUT2D eigenvalue weighted by atomic mass is 10.1. The Morgan fingerprint density at radius 2 is 2.06 bits per heavy atom. The predicted molar refractivity (Wildman–Crippen MR) is 74.6 cm³/mol. The van der Waals surface area contributed by atoms with Gasteiger partial charge in [0.15, 0.2) is 0 Å². The third-order valence-electron chi connectivity index (χ3n) is 3.18. The van der Waals surface area contributed by atoms with Crippen molar-refractivity contribution in [3.05, 3.63) is 28.2 Å². The molecule has 1 aromatic carbocycles. The Morgan fingerprint density at radius 1 is 1.28 bits per heavy atom. The van der Waals surface area contributed by atoms with E-state index < -0.39 is 0 Å². The van der Waals surface area contributed by atoms with Crippen LogP contribution in [0.5, 0.6) is 5.75 Å². The highest BCUT2D eigenvalue weighted by Crippen LogP contribution is 2.23. The molecule has 0 saturated carbocycles. The van der Waals surface area contributed by atoms with Crippen LogP contribution in [0.2, 0.25) is 0 Å². The molecule has 1 aliphatic heterocycles. The Bertz CT molecular complexity index is 436. The Balaban J connectivity index is 1.86. The number of hydrogen-bond acceptors (Lipinski definition) is 3. The summed E-state index contributed by atoms with van der Waals surface area (Å²) in [5.41, 5.74) is 0.594. The molecule has 1 fully saturated rings. The van der Waals surface area contributed by atoms with Crippen molar-refractivity contribution in [1.82, 2.24) is 4.90 Å². The summed E-state index contributed by atoms with van der Waals surface area (Å²) in [5, 5.41) is 9.00. The van der Waals surface area contributed by atoms with E-state index in [1.807, 2.05) is 12.1 Å². The number of likely N-dealkylation sites (tertiary alicyclic amines) is 1. The number of benzene rings is 1. The molecule has 4 heteroatoms. The average molecular weight is 309 g/mol. The molecule has 1 aliphatic rings. The second-order valence-corrected chi connectivity index (χ2v) is 5.42. The Morgan fingerprint density at radius 3 is 2.78 bits per heavy atom. The van der Waals surface area contributed by atoms with E-state index >= 15 is 0 Å². The van der Waals surface area contributed by atoms with Crippen LogP contribution < -0.4 is 4.74 Å². The van der Waals surface area contributed by atoms with Gasteiger partial charge >= 0.3 is 0 Å². The Labute approximate surface area is 116 Å². The van der Waals surface area contributed by atoms with Gasteiger partial charge in [-0.1, -0.05) is 22.4 Å². The minimum Gasteiger partial charge on any atom is -0.491 e. The average Bonchev–Trinajstić information content (AvgIpc) is 2.40. The van der Waals surface area contributed by atoms with Crippen molar-refractivity contribution in [2.75, 3.05) is 26.2 Å². The van der Waals surface area contributed by atoms with E-state index in [2.05, 4.69) is 26.9 Å². The summed E-state index contributed by atoms with van der Waals surface area (Å²) in [4.78, 5) is 2.42. The van der Waals surface area contributed by atoms with E-state index in [0.29, 0.717) is 17.9 Å². The first-order valence-electron chi connectivity index (χ1n) is 6.34. The van der Waals surface area contributed by atoms with Crippen LogP contribution >= 0.6 is 15.9 Å². The molecule has 0 radical (unpaired) electrons. The second kappa shape index (κ2) is 6.77. The van der Waals surface area contributed by atoms with Gasteiger partial charge in [0.2, 0.25) is 0 Å². The lowest BCUT2D eigenvalue weighted by molar-refractivity contribution is 0.183. The van der Waals surface area contributed by atoms with Crippen LogP contribution in [-0.2, 0) is 0 Å². The van der Waals surface area contributed by atoms with Gasteiger partial charge in [0.1, 0.15) is 18.4 Å². The van der Waals surface area contributed by atoms with E-state index in [4.69, 9.17) is 10.00 Å². The molecule has 1 heterocycles. The van der Waals surface area contributed by atoms with Crippen LogP contribution in [0.25, 0.3) is 0 Å². The Hall–Kier alpha value is -1.05. The molecule has 0 aliphatic carbocycles. The molecule has 1 saturated heterocycles. The van der Waals surface area contributed by atoms with Gasteiger partial charge < -0.3 is 4.74 Å². The van der Waals surface area contributed by atoms with E-state index in [1.165, 1.54) is 32.4 Å². The fourth-order valence-electron chi connectivity index (χ4n) is 2.18. The first-order chi connectivity index (χ1) is 8.79. The third kappa shape index (κ3) is 3.72. The van der Waals surface area contributed by atoms with E-state index in [0.717, 1.165) is 11.0 Å². The van der Waals surface area contributed by atoms with Gasteiger partial charge in [-0.25, -0.2) is 0 Å². The molecule has 0 aromatic heterocycles. The largest absolute Gasteiger partial charge is 0.491 e. The normalized spacial score (nSPS) is 16.2. The lowest BCUT2D eigenvalue weighted by Crippen LogP contribution is -2.33. The van der Waals surface area contributed by atoms with Crippen LogP contribution in [0, 0.1) is 11.3 Å². The number of halogens is 1. The molecular weight excluding hydrogens is 292 g/mol. The molecule has 0 unspecified atom stereocenters. The van der Waals surface area contributed by atoms with Crippen molar-refractivity contribution in [3.8, 4) is 11.8 Å². The quantitative estimate of drug-likeness (QED) is 0.857. The second-order valence-electron chi connectivity index (χ2n) is 4.50. The summed E-state index contributed by atoms with van der Waals surface area (Å²) >= 11 is 3.39. The topological polar surface area (TPSA) is 36.3 Å². The van der Waals surface area contributed by atoms with Crippen molar-refractivity contribution >= 4 is 15.9 Å². The van der Waals surface area contributed by atoms with Crippen molar-refractivity contribution in [2.24, 2.45) is 0 Å². The number of nitriles is 1. The van der Waals surface area contributed by atoms with Crippen LogP contribution in [0.15, 0.2) is 22.7 Å². The van der Waals surface area contributed by atoms with E-state index in [9.17, 15) is 0 Å². The van der Waals surface area contributed by atoms with Gasteiger partial charge in [-0.05, 0) is 44.1 Å². The number of ether oxygens (including phenoxy) is 1. The SMILES string of the molecule is N#Cc1ccc(Br)cc1OCCN1CCCCC1. The van der Waals surface area contributed by atoms with E-state index in [-0.39, 0.29) is 0 Å². The summed E-state index contributed by atoms with van der Waals surface area (Å²) < 4.78 is 6.66. The predicted octanol–water partition coefficient (Wildman–Crippen LogP) is 3.19. The van der Waals surface area contributed by atoms with Crippen molar-refractivity contribution in [1.29, 1.82) is 5.26 Å². The Kier molecular flexibility index (Phi) is 5.03. The molecule has 0 spiro atoms. The number of hydrogen-bond donors (Lipinski definition) is 0. The highest BCUT2D eigenvalue weighted by molar-refractivity contribution is 9.10. The highest BCUT2D eigenvalue weighted by Gasteiger charge is 2.10. The van der Waals surface area contributed by atoms with Gasteiger partial charge in [0.25, 0.3) is 0 Å². The minimum atomic E-state index is 0.594. The van der Waals surface area contributed by atoms with E-state index in [1.54, 1.807) is 6.07 Å². The van der Waals surface area contributed by atoms with Crippen molar-refractivity contribution in [3.63, 3.8) is 0 Å². The number of piperidine rings is 1. The van der Waals surface area contributed by atoms with Gasteiger partial charge in [-0.3, -0.25) is 4.90 Å². The number of nitrogens with zero attached hydrogens (tertiary/aromatic N) is 2. The first kappa shape index (κ1) is 13.4. The summed E-state index contributed by atoms with van der Waals surface area (Å²) in [5.74, 6) is 0.670. The third-order valence-corrected chi connectivity index (χ3v) is 3.67. The van der Waals surface area contributed by atoms with Crippen LogP contribution in [0.1, 0.15) is 24.8 Å². The maximum Gasteiger partial charge on any atom is 0.138 e. The van der Waals surface area contributed by atoms with Gasteiger partial charge in [0, 0.05) is 11.0 Å². The summed E-state index contributed by atoms with van der Waals surface area (Å²) in [6, 6.07) is 7.64. The molecule has 1 aromatic rings. The zero-order chi connectivity index (χ0) is 12.8. The molecule has 0 N–H and O–H groups in total. The first-order valence-corrected chi connectivity index (χ1v) is 7.14. The molecule has 96 valence electrons. The van der Waals surface area contributed by atoms with Crippen LogP contribution in [-0.4, -0.2) is 31.1 Å². The minimum absolute atomic E-state index is 0.594. The van der Waals surface area contributed by atoms with Crippen LogP contribution in [0.4, 0.5) is 0 Å². The highest BCUT2D eigenvalue weighted by atomic mass is 79.9. The maximum absolute atomic E-state index is 9.00. The summed E-state index contributed by atoms with van der Waals surface area (Å²) in [7, 11) is 0. The standard InChI is InChI=1S/C14H17BrN2O/c15-13-5-4-12(11-16)14(10-13)18-9-8-17-6-2-1-3-7-17/h4-5,10H,1-3,6-9H2. The molecule has 3 nitrogen and oxygen atoms in total. The molecule has 18 heavy (non-hydrogen) atoms. The molecule has 0 bridgehead atoms. The fourth-order valence-corrected chi connectivity index (χ4v) is 2.52. The summed E-state index contributed by atoms with van der Waals surface area (Å²) in [6.45, 7) is 3.93. The smallest absolute Gasteiger partial charge is 0.138 e. The molecule has 0 amide bonds. The van der Waals surface area contributed by atoms with Crippen molar-refractivity contribution < 1.29 is 4.74 Å². The van der Waals surface area contributed by atoms with Gasteiger partial charge in [-0.15, -0.1) is 0 Å². The molecule has 0 atom stereocenters. The maximum atomic E-state index is 9.00.